The van der Waals surface area contributed by atoms with E-state index in [4.69, 9.17) is 16.3 Å². The first kappa shape index (κ1) is 16.6. The first-order valence-corrected chi connectivity index (χ1v) is 7.79. The summed E-state index contributed by atoms with van der Waals surface area (Å²) in [6.07, 6.45) is 4.15. The third kappa shape index (κ3) is 4.13. The fourth-order valence-corrected chi connectivity index (χ4v) is 3.01. The minimum atomic E-state index is -0.248. The van der Waals surface area contributed by atoms with E-state index in [0.717, 1.165) is 25.7 Å². The van der Waals surface area contributed by atoms with Gasteiger partial charge >= 0.3 is 0 Å². The van der Waals surface area contributed by atoms with Crippen molar-refractivity contribution in [2.75, 3.05) is 19.0 Å². The van der Waals surface area contributed by atoms with E-state index in [9.17, 15) is 9.59 Å². The molecule has 0 bridgehead atoms. The Balaban J connectivity index is 2.05. The molecule has 120 valence electrons. The second kappa shape index (κ2) is 7.49. The molecule has 5 nitrogen and oxygen atoms in total. The quantitative estimate of drug-likeness (QED) is 0.905. The second-order valence-corrected chi connectivity index (χ2v) is 5.91. The Bertz CT molecular complexity index is 556. The van der Waals surface area contributed by atoms with Gasteiger partial charge in [-0.2, -0.15) is 0 Å². The summed E-state index contributed by atoms with van der Waals surface area (Å²) >= 11 is 5.95. The summed E-state index contributed by atoms with van der Waals surface area (Å²) in [6, 6.07) is 5.18. The fraction of sp³-hybridized carbons (Fsp3) is 0.500. The Morgan fingerprint density at radius 2 is 2.05 bits per heavy atom. The molecule has 0 heterocycles. The third-order valence-corrected chi connectivity index (χ3v) is 4.15. The van der Waals surface area contributed by atoms with E-state index in [-0.39, 0.29) is 24.4 Å². The van der Waals surface area contributed by atoms with Crippen molar-refractivity contribution in [3.05, 3.63) is 23.2 Å². The van der Waals surface area contributed by atoms with Crippen LogP contribution < -0.4 is 10.1 Å². The van der Waals surface area contributed by atoms with Gasteiger partial charge in [0.15, 0.2) is 0 Å². The molecule has 1 aromatic rings. The Hall–Kier alpha value is -1.75. The van der Waals surface area contributed by atoms with Crippen LogP contribution in [0.2, 0.25) is 5.02 Å². The molecule has 0 atom stereocenters. The minimum absolute atomic E-state index is 0.0513. The number of nitrogens with one attached hydrogen (secondary N) is 1. The Labute approximate surface area is 135 Å². The van der Waals surface area contributed by atoms with Crippen LogP contribution in [0.3, 0.4) is 0 Å². The monoisotopic (exact) mass is 324 g/mol. The molecule has 1 aliphatic carbocycles. The van der Waals surface area contributed by atoms with E-state index in [2.05, 4.69) is 5.32 Å². The largest absolute Gasteiger partial charge is 0.495 e. The van der Waals surface area contributed by atoms with Crippen LogP contribution in [0.1, 0.15) is 32.6 Å². The molecule has 0 aliphatic heterocycles. The number of carbonyl (C=O) groups excluding carboxylic acids is 2. The molecule has 6 heteroatoms. The molecule has 0 aromatic heterocycles. The maximum atomic E-state index is 12.3. The predicted octanol–water partition coefficient (Wildman–Crippen LogP) is 3.08. The predicted molar refractivity (Wildman–Crippen MR) is 86.3 cm³/mol. The van der Waals surface area contributed by atoms with Gasteiger partial charge in [0.1, 0.15) is 12.3 Å². The van der Waals surface area contributed by atoms with Crippen LogP contribution >= 0.6 is 11.6 Å². The Morgan fingerprint density at radius 3 is 2.64 bits per heavy atom. The highest BCUT2D eigenvalue weighted by atomic mass is 35.5. The highest BCUT2D eigenvalue weighted by molar-refractivity contribution is 6.31. The second-order valence-electron chi connectivity index (χ2n) is 5.48. The van der Waals surface area contributed by atoms with Crippen molar-refractivity contribution >= 4 is 29.1 Å². The minimum Gasteiger partial charge on any atom is -0.495 e. The van der Waals surface area contributed by atoms with Crippen LogP contribution in [0.25, 0.3) is 0 Å². The van der Waals surface area contributed by atoms with Gasteiger partial charge in [-0.1, -0.05) is 24.4 Å². The first-order valence-electron chi connectivity index (χ1n) is 7.42. The number of hydrogen-bond donors (Lipinski definition) is 1. The average molecular weight is 325 g/mol. The molecule has 0 radical (unpaired) electrons. The lowest BCUT2D eigenvalue weighted by Gasteiger charge is -2.27. The summed E-state index contributed by atoms with van der Waals surface area (Å²) in [4.78, 5) is 25.7. The summed E-state index contributed by atoms with van der Waals surface area (Å²) in [7, 11) is 1.53. The van der Waals surface area contributed by atoms with Crippen molar-refractivity contribution in [3.8, 4) is 5.75 Å². The fourth-order valence-electron chi connectivity index (χ4n) is 2.84. The number of halogens is 1. The number of benzene rings is 1. The van der Waals surface area contributed by atoms with Crippen molar-refractivity contribution in [2.24, 2.45) is 0 Å². The van der Waals surface area contributed by atoms with Crippen molar-refractivity contribution in [1.29, 1.82) is 0 Å². The van der Waals surface area contributed by atoms with Crippen molar-refractivity contribution in [1.82, 2.24) is 4.90 Å². The number of hydrogen-bond acceptors (Lipinski definition) is 3. The molecule has 1 aromatic carbocycles. The van der Waals surface area contributed by atoms with Gasteiger partial charge in [-0.05, 0) is 31.0 Å². The standard InChI is InChI=1S/C16H21ClN2O3/c1-11(20)19(13-5-3-4-6-13)10-16(21)18-14-9-12(17)7-8-15(14)22-2/h7-9,13H,3-6,10H2,1-2H3,(H,18,21). The van der Waals surface area contributed by atoms with E-state index in [1.807, 2.05) is 0 Å². The zero-order chi connectivity index (χ0) is 16.1. The molecule has 2 rings (SSSR count). The van der Waals surface area contributed by atoms with E-state index in [0.29, 0.717) is 16.5 Å². The van der Waals surface area contributed by atoms with E-state index in [1.54, 1.807) is 23.1 Å². The van der Waals surface area contributed by atoms with Gasteiger partial charge in [0.05, 0.1) is 12.8 Å². The summed E-state index contributed by atoms with van der Waals surface area (Å²) in [5.74, 6) is 0.218. The van der Waals surface area contributed by atoms with Crippen LogP contribution in [-0.4, -0.2) is 36.4 Å². The highest BCUT2D eigenvalue weighted by Crippen LogP contribution is 2.28. The number of anilines is 1. The lowest BCUT2D eigenvalue weighted by Crippen LogP contribution is -2.42. The molecular formula is C16H21ClN2O3. The molecule has 0 unspecified atom stereocenters. The summed E-state index contributed by atoms with van der Waals surface area (Å²) in [5, 5.41) is 3.28. The molecule has 2 amide bonds. The van der Waals surface area contributed by atoms with E-state index >= 15 is 0 Å². The van der Waals surface area contributed by atoms with Gasteiger partial charge in [-0.3, -0.25) is 9.59 Å². The smallest absolute Gasteiger partial charge is 0.244 e. The molecule has 1 aliphatic rings. The van der Waals surface area contributed by atoms with Gasteiger partial charge in [0.25, 0.3) is 0 Å². The summed E-state index contributed by atoms with van der Waals surface area (Å²) in [6.45, 7) is 1.56. The van der Waals surface area contributed by atoms with Gasteiger partial charge in [-0.25, -0.2) is 0 Å². The van der Waals surface area contributed by atoms with Crippen LogP contribution in [0, 0.1) is 0 Å². The maximum absolute atomic E-state index is 12.3. The highest BCUT2D eigenvalue weighted by Gasteiger charge is 2.26. The van der Waals surface area contributed by atoms with E-state index in [1.165, 1.54) is 14.0 Å². The number of methoxy groups -OCH3 is 1. The van der Waals surface area contributed by atoms with Crippen LogP contribution in [0.5, 0.6) is 5.75 Å². The number of nitrogens with zero attached hydrogens (tertiary/aromatic N) is 1. The van der Waals surface area contributed by atoms with Gasteiger partial charge in [0, 0.05) is 18.0 Å². The Morgan fingerprint density at radius 1 is 1.36 bits per heavy atom. The van der Waals surface area contributed by atoms with Crippen LogP contribution in [-0.2, 0) is 9.59 Å². The number of rotatable bonds is 5. The SMILES string of the molecule is COc1ccc(Cl)cc1NC(=O)CN(C(C)=O)C1CCCC1. The summed E-state index contributed by atoms with van der Waals surface area (Å²) < 4.78 is 5.20. The molecule has 1 fully saturated rings. The Kier molecular flexibility index (Phi) is 5.66. The molecule has 1 N–H and O–H groups in total. The topological polar surface area (TPSA) is 58.6 Å². The average Bonchev–Trinajstić information content (AvgIpc) is 2.98. The zero-order valence-electron chi connectivity index (χ0n) is 12.9. The normalized spacial score (nSPS) is 14.7. The van der Waals surface area contributed by atoms with E-state index < -0.39 is 0 Å². The van der Waals surface area contributed by atoms with Gasteiger partial charge < -0.3 is 15.0 Å². The van der Waals surface area contributed by atoms with Gasteiger partial charge in [-0.15, -0.1) is 0 Å². The maximum Gasteiger partial charge on any atom is 0.244 e. The first-order chi connectivity index (χ1) is 10.5. The van der Waals surface area contributed by atoms with Crippen molar-refractivity contribution in [2.45, 2.75) is 38.6 Å². The molecular weight excluding hydrogens is 304 g/mol. The van der Waals surface area contributed by atoms with Crippen molar-refractivity contribution in [3.63, 3.8) is 0 Å². The van der Waals surface area contributed by atoms with Gasteiger partial charge in [0.2, 0.25) is 11.8 Å². The molecule has 1 saturated carbocycles. The third-order valence-electron chi connectivity index (χ3n) is 3.92. The number of ether oxygens (including phenoxy) is 1. The number of amides is 2. The lowest BCUT2D eigenvalue weighted by atomic mass is 10.2. The van der Waals surface area contributed by atoms with Crippen LogP contribution in [0.15, 0.2) is 18.2 Å². The van der Waals surface area contributed by atoms with Crippen LogP contribution in [0.4, 0.5) is 5.69 Å². The molecule has 0 spiro atoms. The number of carbonyl (C=O) groups is 2. The molecule has 0 saturated heterocycles. The molecule has 22 heavy (non-hydrogen) atoms. The lowest BCUT2D eigenvalue weighted by molar-refractivity contribution is -0.135. The summed E-state index contributed by atoms with van der Waals surface area (Å²) in [5.41, 5.74) is 0.509. The van der Waals surface area contributed by atoms with Crippen molar-refractivity contribution < 1.29 is 14.3 Å². The zero-order valence-corrected chi connectivity index (χ0v) is 13.7.